The summed E-state index contributed by atoms with van der Waals surface area (Å²) in [5, 5.41) is 8.51. The van der Waals surface area contributed by atoms with Crippen molar-refractivity contribution in [3.05, 3.63) is 35.4 Å². The number of benzene rings is 1. The van der Waals surface area contributed by atoms with Crippen molar-refractivity contribution in [1.82, 2.24) is 0 Å². The molecule has 0 aliphatic rings. The van der Waals surface area contributed by atoms with Crippen LogP contribution in [-0.4, -0.2) is 30.3 Å². The third-order valence-corrected chi connectivity index (χ3v) is 1.27. The average molecular weight is 232 g/mol. The number of hydrogen-bond donors (Lipinski definition) is 2. The Kier molecular flexibility index (Phi) is 4.96. The lowest BCUT2D eigenvalue weighted by atomic mass is 10.1. The normalized spacial score (nSPS) is 10.1. The summed E-state index contributed by atoms with van der Waals surface area (Å²) < 4.78 is 25.9. The molecule has 0 fully saturated rings. The average Bonchev–Trinajstić information content (AvgIpc) is 2.00. The highest BCUT2D eigenvalue weighted by molar-refractivity contribution is 7.85. The molecule has 1 aromatic rings. The van der Waals surface area contributed by atoms with E-state index in [-0.39, 0.29) is 0 Å². The van der Waals surface area contributed by atoms with E-state index >= 15 is 0 Å². The molecule has 0 radical (unpaired) electrons. The van der Waals surface area contributed by atoms with E-state index in [2.05, 4.69) is 0 Å². The summed E-state index contributed by atoms with van der Waals surface area (Å²) in [5.74, 6) is -0.872. The summed E-state index contributed by atoms with van der Waals surface area (Å²) >= 11 is 0. The zero-order valence-electron chi connectivity index (χ0n) is 8.34. The Labute approximate surface area is 88.1 Å². The van der Waals surface area contributed by atoms with E-state index in [1.54, 1.807) is 18.2 Å². The fraction of sp³-hybridized carbons (Fsp3) is 0.222. The van der Waals surface area contributed by atoms with Gasteiger partial charge in [-0.3, -0.25) is 4.55 Å². The van der Waals surface area contributed by atoms with Gasteiger partial charge in [-0.25, -0.2) is 4.79 Å². The molecule has 0 heterocycles. The maximum Gasteiger partial charge on any atom is 0.335 e. The van der Waals surface area contributed by atoms with Crippen molar-refractivity contribution in [1.29, 1.82) is 0 Å². The van der Waals surface area contributed by atoms with Crippen molar-refractivity contribution in [3.63, 3.8) is 0 Å². The molecule has 0 atom stereocenters. The maximum absolute atomic E-state index is 10.4. The summed E-state index contributed by atoms with van der Waals surface area (Å²) in [6, 6.07) is 6.82. The van der Waals surface area contributed by atoms with E-state index in [4.69, 9.17) is 9.66 Å². The van der Waals surface area contributed by atoms with Crippen LogP contribution >= 0.6 is 0 Å². The quantitative estimate of drug-likeness (QED) is 0.710. The van der Waals surface area contributed by atoms with Gasteiger partial charge in [-0.1, -0.05) is 17.7 Å². The van der Waals surface area contributed by atoms with Crippen LogP contribution in [0.2, 0.25) is 0 Å². The molecule has 84 valence electrons. The Morgan fingerprint density at radius 2 is 1.80 bits per heavy atom. The zero-order valence-corrected chi connectivity index (χ0v) is 9.15. The van der Waals surface area contributed by atoms with Gasteiger partial charge in [-0.15, -0.1) is 0 Å². The molecule has 0 aromatic heterocycles. The van der Waals surface area contributed by atoms with Gasteiger partial charge >= 0.3 is 5.97 Å². The van der Waals surface area contributed by atoms with Crippen molar-refractivity contribution in [2.45, 2.75) is 6.92 Å². The summed E-state index contributed by atoms with van der Waals surface area (Å²) in [4.78, 5) is 10.4. The Bertz CT molecular complexity index is 428. The number of carbonyl (C=O) groups is 1. The molecule has 0 amide bonds. The Hall–Kier alpha value is -1.40. The molecule has 6 heteroatoms. The number of carboxylic acid groups (broad SMARTS) is 1. The van der Waals surface area contributed by atoms with E-state index in [0.29, 0.717) is 11.8 Å². The van der Waals surface area contributed by atoms with Crippen LogP contribution in [-0.2, 0) is 10.1 Å². The minimum atomic E-state index is -3.67. The molecule has 0 bridgehead atoms. The van der Waals surface area contributed by atoms with Crippen LogP contribution < -0.4 is 0 Å². The van der Waals surface area contributed by atoms with Crippen molar-refractivity contribution in [2.75, 3.05) is 6.26 Å². The monoisotopic (exact) mass is 232 g/mol. The Morgan fingerprint density at radius 3 is 2.07 bits per heavy atom. The van der Waals surface area contributed by atoms with E-state index in [1.165, 1.54) is 0 Å². The van der Waals surface area contributed by atoms with Gasteiger partial charge in [-0.05, 0) is 19.1 Å². The lowest BCUT2D eigenvalue weighted by molar-refractivity contribution is 0.0696. The molecule has 15 heavy (non-hydrogen) atoms. The highest BCUT2D eigenvalue weighted by atomic mass is 32.2. The summed E-state index contributed by atoms with van der Waals surface area (Å²) in [6.45, 7) is 1.87. The molecule has 1 aromatic carbocycles. The Balaban J connectivity index is 0.000000336. The van der Waals surface area contributed by atoms with Crippen LogP contribution in [0, 0.1) is 6.92 Å². The molecular weight excluding hydrogens is 220 g/mol. The highest BCUT2D eigenvalue weighted by Crippen LogP contribution is 2.02. The molecule has 0 saturated carbocycles. The molecule has 1 rings (SSSR count). The fourth-order valence-electron chi connectivity index (χ4n) is 0.778. The number of aryl methyl sites for hydroxylation is 1. The van der Waals surface area contributed by atoms with Gasteiger partial charge in [0.05, 0.1) is 11.8 Å². The number of aromatic carboxylic acids is 1. The third-order valence-electron chi connectivity index (χ3n) is 1.27. The number of rotatable bonds is 1. The predicted molar refractivity (Wildman–Crippen MR) is 55.6 cm³/mol. The number of hydrogen-bond acceptors (Lipinski definition) is 3. The van der Waals surface area contributed by atoms with Crippen LogP contribution in [0.3, 0.4) is 0 Å². The molecule has 0 saturated heterocycles. The van der Waals surface area contributed by atoms with Gasteiger partial charge in [0.2, 0.25) is 0 Å². The second-order valence-electron chi connectivity index (χ2n) is 2.91. The zero-order chi connectivity index (χ0) is 12.1. The predicted octanol–water partition coefficient (Wildman–Crippen LogP) is 1.20. The lowest BCUT2D eigenvalue weighted by Gasteiger charge is -1.93. The first kappa shape index (κ1) is 13.6. The summed E-state index contributed by atoms with van der Waals surface area (Å²) in [7, 11) is -3.67. The standard InChI is InChI=1S/C8H8O2.CH4O3S/c1-6-3-2-4-7(5-6)8(9)10;1-5(2,3)4/h2-5H,1H3,(H,9,10);1H3,(H,2,3,4). The SMILES string of the molecule is CS(=O)(=O)O.Cc1cccc(C(=O)O)c1. The van der Waals surface area contributed by atoms with Crippen LogP contribution in [0.25, 0.3) is 0 Å². The molecule has 0 aliphatic heterocycles. The second kappa shape index (κ2) is 5.47. The van der Waals surface area contributed by atoms with Crippen LogP contribution in [0.1, 0.15) is 15.9 Å². The van der Waals surface area contributed by atoms with Crippen molar-refractivity contribution in [3.8, 4) is 0 Å². The molecule has 0 spiro atoms. The van der Waals surface area contributed by atoms with E-state index in [1.807, 2.05) is 13.0 Å². The third kappa shape index (κ3) is 8.92. The van der Waals surface area contributed by atoms with Crippen molar-refractivity contribution in [2.24, 2.45) is 0 Å². The summed E-state index contributed by atoms with van der Waals surface area (Å²) in [6.07, 6.45) is 0.715. The molecule has 0 unspecified atom stereocenters. The molecule has 2 N–H and O–H groups in total. The smallest absolute Gasteiger partial charge is 0.335 e. The topological polar surface area (TPSA) is 91.7 Å². The molecular formula is C9H12O5S. The summed E-state index contributed by atoms with van der Waals surface area (Å²) in [5.41, 5.74) is 1.32. The first-order chi connectivity index (χ1) is 6.70. The highest BCUT2D eigenvalue weighted by Gasteiger charge is 1.99. The Morgan fingerprint density at radius 1 is 1.33 bits per heavy atom. The lowest BCUT2D eigenvalue weighted by Crippen LogP contribution is -1.95. The first-order valence-corrected chi connectivity index (χ1v) is 5.77. The molecule has 0 aliphatic carbocycles. The largest absolute Gasteiger partial charge is 0.478 e. The maximum atomic E-state index is 10.4. The van der Waals surface area contributed by atoms with E-state index < -0.39 is 16.1 Å². The van der Waals surface area contributed by atoms with Crippen LogP contribution in [0.4, 0.5) is 0 Å². The van der Waals surface area contributed by atoms with Crippen LogP contribution in [0.5, 0.6) is 0 Å². The van der Waals surface area contributed by atoms with Crippen LogP contribution in [0.15, 0.2) is 24.3 Å². The van der Waals surface area contributed by atoms with E-state index in [0.717, 1.165) is 5.56 Å². The van der Waals surface area contributed by atoms with E-state index in [9.17, 15) is 13.2 Å². The second-order valence-corrected chi connectivity index (χ2v) is 4.37. The molecule has 5 nitrogen and oxygen atoms in total. The minimum absolute atomic E-state index is 0.347. The van der Waals surface area contributed by atoms with Crippen molar-refractivity contribution >= 4 is 16.1 Å². The van der Waals surface area contributed by atoms with Gasteiger partial charge in [0.1, 0.15) is 0 Å². The number of carboxylic acids is 1. The fourth-order valence-corrected chi connectivity index (χ4v) is 0.778. The first-order valence-electron chi connectivity index (χ1n) is 3.92. The van der Waals surface area contributed by atoms with Gasteiger partial charge in [0, 0.05) is 0 Å². The minimum Gasteiger partial charge on any atom is -0.478 e. The van der Waals surface area contributed by atoms with Gasteiger partial charge in [-0.2, -0.15) is 8.42 Å². The van der Waals surface area contributed by atoms with Crippen molar-refractivity contribution < 1.29 is 22.9 Å². The van der Waals surface area contributed by atoms with Gasteiger partial charge in [0.25, 0.3) is 10.1 Å². The van der Waals surface area contributed by atoms with Gasteiger partial charge in [0.15, 0.2) is 0 Å². The van der Waals surface area contributed by atoms with Gasteiger partial charge < -0.3 is 5.11 Å².